The maximum absolute atomic E-state index is 12.3. The molecule has 0 spiro atoms. The third-order valence-corrected chi connectivity index (χ3v) is 4.20. The topological polar surface area (TPSA) is 46.5 Å². The molecular weight excluding hydrogens is 216 g/mol. The van der Waals surface area contributed by atoms with Gasteiger partial charge >= 0.3 is 5.97 Å². The molecular formula is C14H20O3. The van der Waals surface area contributed by atoms with Crippen molar-refractivity contribution >= 4 is 5.97 Å². The lowest BCUT2D eigenvalue weighted by Gasteiger charge is -2.39. The van der Waals surface area contributed by atoms with Gasteiger partial charge in [0.15, 0.2) is 0 Å². The van der Waals surface area contributed by atoms with Gasteiger partial charge in [-0.25, -0.2) is 0 Å². The number of rotatable bonds is 4. The van der Waals surface area contributed by atoms with Crippen LogP contribution < -0.4 is 0 Å². The van der Waals surface area contributed by atoms with Crippen molar-refractivity contribution in [2.45, 2.75) is 32.6 Å². The highest BCUT2D eigenvalue weighted by Gasteiger charge is 2.56. The molecule has 0 aromatic carbocycles. The first-order valence-corrected chi connectivity index (χ1v) is 6.33. The second-order valence-electron chi connectivity index (χ2n) is 5.00. The molecule has 3 heteroatoms. The summed E-state index contributed by atoms with van der Waals surface area (Å²) in [6, 6.07) is 0. The molecule has 2 rings (SSSR count). The third-order valence-electron chi connectivity index (χ3n) is 4.20. The first kappa shape index (κ1) is 12.2. The van der Waals surface area contributed by atoms with E-state index < -0.39 is 5.41 Å². The summed E-state index contributed by atoms with van der Waals surface area (Å²) in [5, 5.41) is 9.69. The van der Waals surface area contributed by atoms with Crippen LogP contribution in [-0.2, 0) is 9.53 Å². The van der Waals surface area contributed by atoms with Crippen LogP contribution >= 0.6 is 0 Å². The number of carbonyl (C=O) groups is 1. The molecule has 0 unspecified atom stereocenters. The number of fused-ring (bicyclic) bond motifs is 2. The summed E-state index contributed by atoms with van der Waals surface area (Å²) in [6.07, 6.45) is 6.84. The summed E-state index contributed by atoms with van der Waals surface area (Å²) in [5.74, 6) is 0.630. The van der Waals surface area contributed by atoms with E-state index in [4.69, 9.17) is 4.74 Å². The average molecular weight is 236 g/mol. The summed E-state index contributed by atoms with van der Waals surface area (Å²) in [7, 11) is 0. The van der Waals surface area contributed by atoms with Crippen molar-refractivity contribution in [3.05, 3.63) is 24.5 Å². The lowest BCUT2D eigenvalue weighted by molar-refractivity contribution is -0.160. The number of hydrogen-bond donors (Lipinski definition) is 1. The third kappa shape index (κ3) is 1.78. The van der Waals surface area contributed by atoms with E-state index in [1.54, 1.807) is 6.08 Å². The largest absolute Gasteiger partial charge is 0.513 e. The Hall–Kier alpha value is -1.25. The minimum Gasteiger partial charge on any atom is -0.513 e. The number of hydrogen-bond acceptors (Lipinski definition) is 3. The van der Waals surface area contributed by atoms with Gasteiger partial charge in [0.05, 0.1) is 17.8 Å². The molecule has 0 aromatic rings. The zero-order chi connectivity index (χ0) is 12.5. The van der Waals surface area contributed by atoms with E-state index in [-0.39, 0.29) is 17.8 Å². The highest BCUT2D eigenvalue weighted by molar-refractivity contribution is 5.79. The number of ether oxygens (including phenoxy) is 1. The number of esters is 1. The molecule has 0 radical (unpaired) electrons. The smallest absolute Gasteiger partial charge is 0.313 e. The van der Waals surface area contributed by atoms with Crippen molar-refractivity contribution in [2.75, 3.05) is 6.61 Å². The summed E-state index contributed by atoms with van der Waals surface area (Å²) in [5.41, 5.74) is -0.468. The molecule has 3 atom stereocenters. The zero-order valence-corrected chi connectivity index (χ0v) is 10.3. The monoisotopic (exact) mass is 236 g/mol. The van der Waals surface area contributed by atoms with Crippen LogP contribution in [0.3, 0.4) is 0 Å². The minimum absolute atomic E-state index is 0.110. The van der Waals surface area contributed by atoms with Crippen molar-refractivity contribution in [2.24, 2.45) is 17.3 Å². The number of aliphatic hydroxyl groups is 1. The highest BCUT2D eigenvalue weighted by atomic mass is 16.5. The summed E-state index contributed by atoms with van der Waals surface area (Å²) < 4.78 is 5.26. The Morgan fingerprint density at radius 2 is 2.47 bits per heavy atom. The van der Waals surface area contributed by atoms with Gasteiger partial charge in [0.25, 0.3) is 0 Å². The number of allylic oxidation sites excluding steroid dienone is 3. The van der Waals surface area contributed by atoms with Gasteiger partial charge in [0.1, 0.15) is 0 Å². The summed E-state index contributed by atoms with van der Waals surface area (Å²) in [4.78, 5) is 12.3. The van der Waals surface area contributed by atoms with Crippen molar-refractivity contribution in [1.29, 1.82) is 0 Å². The van der Waals surface area contributed by atoms with E-state index in [0.717, 1.165) is 12.8 Å². The zero-order valence-electron chi connectivity index (χ0n) is 10.3. The maximum atomic E-state index is 12.3. The van der Waals surface area contributed by atoms with Crippen LogP contribution in [0.15, 0.2) is 24.5 Å². The van der Waals surface area contributed by atoms with Crippen LogP contribution in [0.1, 0.15) is 32.6 Å². The van der Waals surface area contributed by atoms with Gasteiger partial charge in [0.2, 0.25) is 0 Å². The molecule has 1 fully saturated rings. The lowest BCUT2D eigenvalue weighted by Crippen LogP contribution is -2.43. The van der Waals surface area contributed by atoms with Gasteiger partial charge in [-0.05, 0) is 44.1 Å². The van der Waals surface area contributed by atoms with E-state index in [9.17, 15) is 9.90 Å². The Balaban J connectivity index is 2.35. The Kier molecular flexibility index (Phi) is 3.27. The molecule has 1 N–H and O–H groups in total. The molecule has 0 aliphatic heterocycles. The first-order valence-electron chi connectivity index (χ1n) is 6.33. The van der Waals surface area contributed by atoms with E-state index >= 15 is 0 Å². The van der Waals surface area contributed by atoms with E-state index in [2.05, 4.69) is 6.58 Å². The normalized spacial score (nSPS) is 35.2. The van der Waals surface area contributed by atoms with Crippen molar-refractivity contribution in [3.8, 4) is 0 Å². The molecule has 17 heavy (non-hydrogen) atoms. The van der Waals surface area contributed by atoms with Crippen molar-refractivity contribution in [3.63, 3.8) is 0 Å². The van der Waals surface area contributed by atoms with E-state index in [1.807, 2.05) is 13.0 Å². The maximum Gasteiger partial charge on any atom is 0.313 e. The molecule has 2 aliphatic carbocycles. The SMILES string of the molecule is C=CC[C@@]1(C(=O)OCC)[C@@H]2CC[C@H]1C=C(O)C2. The Morgan fingerprint density at radius 3 is 3.06 bits per heavy atom. The molecule has 0 amide bonds. The van der Waals surface area contributed by atoms with Crippen molar-refractivity contribution in [1.82, 2.24) is 0 Å². The molecule has 1 saturated carbocycles. The second kappa shape index (κ2) is 4.55. The Bertz CT molecular complexity index is 358. The van der Waals surface area contributed by atoms with E-state index in [0.29, 0.717) is 25.2 Å². The van der Waals surface area contributed by atoms with Crippen LogP contribution in [0.4, 0.5) is 0 Å². The second-order valence-corrected chi connectivity index (χ2v) is 5.00. The molecule has 3 nitrogen and oxygen atoms in total. The summed E-state index contributed by atoms with van der Waals surface area (Å²) in [6.45, 7) is 6.01. The van der Waals surface area contributed by atoms with Gasteiger partial charge in [-0.3, -0.25) is 4.79 Å². The molecule has 94 valence electrons. The molecule has 0 heterocycles. The van der Waals surface area contributed by atoms with Crippen LogP contribution in [-0.4, -0.2) is 17.7 Å². The van der Waals surface area contributed by atoms with Crippen LogP contribution in [0.5, 0.6) is 0 Å². The standard InChI is InChI=1S/C14H20O3/c1-3-7-14(13(16)17-4-2)10-5-6-11(14)9-12(15)8-10/h3,8,10-11,15H,1,4-7,9H2,2H3/t10-,11+,14-/m0/s1. The predicted octanol–water partition coefficient (Wildman–Crippen LogP) is 2.98. The van der Waals surface area contributed by atoms with E-state index in [1.165, 1.54) is 0 Å². The van der Waals surface area contributed by atoms with Gasteiger partial charge < -0.3 is 9.84 Å². The Morgan fingerprint density at radius 1 is 1.71 bits per heavy atom. The van der Waals surface area contributed by atoms with Gasteiger partial charge in [0, 0.05) is 6.42 Å². The van der Waals surface area contributed by atoms with Gasteiger partial charge in [-0.15, -0.1) is 6.58 Å². The predicted molar refractivity (Wildman–Crippen MR) is 65.4 cm³/mol. The molecule has 0 saturated heterocycles. The van der Waals surface area contributed by atoms with Gasteiger partial charge in [-0.1, -0.05) is 6.08 Å². The number of aliphatic hydroxyl groups excluding tert-OH is 1. The first-order chi connectivity index (χ1) is 8.15. The average Bonchev–Trinajstić information content (AvgIpc) is 2.48. The lowest BCUT2D eigenvalue weighted by atomic mass is 9.65. The van der Waals surface area contributed by atoms with Crippen LogP contribution in [0, 0.1) is 17.3 Å². The highest BCUT2D eigenvalue weighted by Crippen LogP contribution is 2.57. The molecule has 2 aliphatic rings. The fourth-order valence-corrected chi connectivity index (χ4v) is 3.49. The van der Waals surface area contributed by atoms with Crippen LogP contribution in [0.2, 0.25) is 0 Å². The molecule has 0 aromatic heterocycles. The van der Waals surface area contributed by atoms with Gasteiger partial charge in [-0.2, -0.15) is 0 Å². The van der Waals surface area contributed by atoms with Crippen LogP contribution in [0.25, 0.3) is 0 Å². The summed E-state index contributed by atoms with van der Waals surface area (Å²) >= 11 is 0. The number of carbonyl (C=O) groups excluding carboxylic acids is 1. The Labute approximate surface area is 102 Å². The van der Waals surface area contributed by atoms with Crippen molar-refractivity contribution < 1.29 is 14.6 Å². The molecule has 2 bridgehead atoms. The quantitative estimate of drug-likeness (QED) is 0.603. The fourth-order valence-electron chi connectivity index (χ4n) is 3.49. The minimum atomic E-state index is -0.468. The fraction of sp³-hybridized carbons (Fsp3) is 0.643.